The second-order valence-electron chi connectivity index (χ2n) is 4.11. The Hall–Kier alpha value is -0.930. The molecule has 2 rings (SSSR count). The van der Waals surface area contributed by atoms with Crippen molar-refractivity contribution < 1.29 is 14.7 Å². The van der Waals surface area contributed by atoms with Crippen LogP contribution in [0.5, 0.6) is 0 Å². The maximum atomic E-state index is 12.2. The molecule has 0 unspecified atom stereocenters. The van der Waals surface area contributed by atoms with E-state index in [-0.39, 0.29) is 17.2 Å². The molecule has 21 heavy (non-hydrogen) atoms. The molecule has 0 aliphatic carbocycles. The van der Waals surface area contributed by atoms with Crippen LogP contribution in [0.25, 0.3) is 0 Å². The van der Waals surface area contributed by atoms with Gasteiger partial charge in [0.1, 0.15) is 0 Å². The van der Waals surface area contributed by atoms with Crippen molar-refractivity contribution in [1.82, 2.24) is 0 Å². The Kier molecular flexibility index (Phi) is 5.39. The summed E-state index contributed by atoms with van der Waals surface area (Å²) in [5.41, 5.74) is 0.750. The first-order chi connectivity index (χ1) is 9.86. The lowest BCUT2D eigenvalue weighted by Crippen LogP contribution is -2.15. The van der Waals surface area contributed by atoms with Crippen molar-refractivity contribution in [3.05, 3.63) is 60.0 Å². The van der Waals surface area contributed by atoms with E-state index in [2.05, 4.69) is 37.2 Å². The van der Waals surface area contributed by atoms with Crippen LogP contribution in [0.15, 0.2) is 45.3 Å². The van der Waals surface area contributed by atoms with Gasteiger partial charge in [-0.05, 0) is 59.0 Å². The lowest BCUT2D eigenvalue weighted by molar-refractivity contribution is 0.0698. The molecule has 2 aromatic rings. The molecule has 0 atom stereocenters. The van der Waals surface area contributed by atoms with Gasteiger partial charge in [0, 0.05) is 18.1 Å². The molecule has 0 saturated heterocycles. The van der Waals surface area contributed by atoms with E-state index in [1.165, 1.54) is 6.07 Å². The highest BCUT2D eigenvalue weighted by Crippen LogP contribution is 2.23. The van der Waals surface area contributed by atoms with Crippen LogP contribution in [0.1, 0.15) is 20.7 Å². The Morgan fingerprint density at radius 3 is 2.24 bits per heavy atom. The Labute approximate surface area is 151 Å². The van der Waals surface area contributed by atoms with Crippen molar-refractivity contribution in [2.75, 3.05) is 5.32 Å². The van der Waals surface area contributed by atoms with Crippen LogP contribution in [-0.4, -0.2) is 17.0 Å². The topological polar surface area (TPSA) is 66.4 Å². The van der Waals surface area contributed by atoms with E-state index < -0.39 is 5.97 Å². The quantitative estimate of drug-likeness (QED) is 0.569. The SMILES string of the molecule is O=C(Nc1ccc(I)cc1C(=O)O)c1cc(Br)cc(Br)c1. The van der Waals surface area contributed by atoms with Crippen molar-refractivity contribution in [2.24, 2.45) is 0 Å². The molecule has 0 aliphatic heterocycles. The molecule has 2 aromatic carbocycles. The number of nitrogens with one attached hydrogen (secondary N) is 1. The Balaban J connectivity index is 2.33. The third-order valence-electron chi connectivity index (χ3n) is 2.58. The maximum absolute atomic E-state index is 12.2. The molecule has 108 valence electrons. The van der Waals surface area contributed by atoms with Gasteiger partial charge in [0.25, 0.3) is 5.91 Å². The fraction of sp³-hybridized carbons (Fsp3) is 0. The third-order valence-corrected chi connectivity index (χ3v) is 4.17. The highest BCUT2D eigenvalue weighted by Gasteiger charge is 2.14. The van der Waals surface area contributed by atoms with Crippen LogP contribution in [0.3, 0.4) is 0 Å². The summed E-state index contributed by atoms with van der Waals surface area (Å²) >= 11 is 8.64. The predicted octanol–water partition coefficient (Wildman–Crippen LogP) is 4.77. The second-order valence-corrected chi connectivity index (χ2v) is 7.18. The number of benzene rings is 2. The first-order valence-corrected chi connectivity index (χ1v) is 8.33. The maximum Gasteiger partial charge on any atom is 0.337 e. The zero-order valence-electron chi connectivity index (χ0n) is 10.4. The number of hydrogen-bond donors (Lipinski definition) is 2. The monoisotopic (exact) mass is 523 g/mol. The number of aromatic carboxylic acids is 1. The number of hydrogen-bond acceptors (Lipinski definition) is 2. The summed E-state index contributed by atoms with van der Waals surface area (Å²) in [6.07, 6.45) is 0. The molecule has 0 saturated carbocycles. The van der Waals surface area contributed by atoms with E-state index in [1.807, 2.05) is 28.7 Å². The largest absolute Gasteiger partial charge is 0.478 e. The Bertz CT molecular complexity index is 714. The van der Waals surface area contributed by atoms with Gasteiger partial charge in [-0.15, -0.1) is 0 Å². The molecule has 2 N–H and O–H groups in total. The highest BCUT2D eigenvalue weighted by molar-refractivity contribution is 14.1. The number of halogens is 3. The summed E-state index contributed by atoms with van der Waals surface area (Å²) in [5.74, 6) is -1.46. The smallest absolute Gasteiger partial charge is 0.337 e. The highest BCUT2D eigenvalue weighted by atomic mass is 127. The van der Waals surface area contributed by atoms with Gasteiger partial charge in [0.05, 0.1) is 11.3 Å². The van der Waals surface area contributed by atoms with Crippen molar-refractivity contribution in [2.45, 2.75) is 0 Å². The summed E-state index contributed by atoms with van der Waals surface area (Å²) in [4.78, 5) is 23.5. The number of carboxylic acid groups (broad SMARTS) is 1. The summed E-state index contributed by atoms with van der Waals surface area (Å²) in [5, 5.41) is 11.8. The second kappa shape index (κ2) is 6.89. The van der Waals surface area contributed by atoms with Crippen LogP contribution in [0.2, 0.25) is 0 Å². The lowest BCUT2D eigenvalue weighted by Gasteiger charge is -2.09. The fourth-order valence-electron chi connectivity index (χ4n) is 1.68. The molecular formula is C14H8Br2INO3. The van der Waals surface area contributed by atoms with Gasteiger partial charge in [-0.3, -0.25) is 4.79 Å². The number of carboxylic acids is 1. The van der Waals surface area contributed by atoms with E-state index in [0.29, 0.717) is 5.56 Å². The van der Waals surface area contributed by atoms with Crippen molar-refractivity contribution in [3.63, 3.8) is 0 Å². The molecule has 4 nitrogen and oxygen atoms in total. The van der Waals surface area contributed by atoms with E-state index in [0.717, 1.165) is 12.5 Å². The first-order valence-electron chi connectivity index (χ1n) is 5.67. The van der Waals surface area contributed by atoms with Gasteiger partial charge in [-0.1, -0.05) is 31.9 Å². The Morgan fingerprint density at radius 1 is 1.05 bits per heavy atom. The van der Waals surface area contributed by atoms with Crippen LogP contribution in [0, 0.1) is 3.57 Å². The van der Waals surface area contributed by atoms with E-state index in [4.69, 9.17) is 0 Å². The number of carbonyl (C=O) groups is 2. The van der Waals surface area contributed by atoms with Crippen LogP contribution < -0.4 is 5.32 Å². The van der Waals surface area contributed by atoms with Crippen LogP contribution in [-0.2, 0) is 0 Å². The predicted molar refractivity (Wildman–Crippen MR) is 95.9 cm³/mol. The van der Waals surface area contributed by atoms with Crippen LogP contribution >= 0.6 is 54.5 Å². The molecule has 7 heteroatoms. The number of carbonyl (C=O) groups excluding carboxylic acids is 1. The van der Waals surface area contributed by atoms with Crippen molar-refractivity contribution in [1.29, 1.82) is 0 Å². The van der Waals surface area contributed by atoms with Crippen LogP contribution in [0.4, 0.5) is 5.69 Å². The van der Waals surface area contributed by atoms with Crippen molar-refractivity contribution in [3.8, 4) is 0 Å². The molecule has 0 heterocycles. The average Bonchev–Trinajstić information content (AvgIpc) is 2.39. The summed E-state index contributed by atoms with van der Waals surface area (Å²) < 4.78 is 2.29. The zero-order valence-corrected chi connectivity index (χ0v) is 15.7. The molecule has 1 amide bonds. The molecular weight excluding hydrogens is 517 g/mol. The molecule has 0 aliphatic rings. The molecule has 0 spiro atoms. The van der Waals surface area contributed by atoms with Gasteiger partial charge >= 0.3 is 5.97 Å². The third kappa shape index (κ3) is 4.27. The lowest BCUT2D eigenvalue weighted by atomic mass is 10.1. The number of anilines is 1. The van der Waals surface area contributed by atoms with E-state index in [9.17, 15) is 14.7 Å². The molecule has 0 bridgehead atoms. The van der Waals surface area contributed by atoms with Gasteiger partial charge in [0.15, 0.2) is 0 Å². The Morgan fingerprint density at radius 2 is 1.67 bits per heavy atom. The summed E-state index contributed by atoms with van der Waals surface area (Å²) in [6, 6.07) is 9.95. The normalized spacial score (nSPS) is 10.2. The minimum Gasteiger partial charge on any atom is -0.478 e. The van der Waals surface area contributed by atoms with Crippen molar-refractivity contribution >= 4 is 72.0 Å². The van der Waals surface area contributed by atoms with Gasteiger partial charge in [-0.25, -0.2) is 4.79 Å². The molecule has 0 radical (unpaired) electrons. The first kappa shape index (κ1) is 16.4. The summed E-state index contributed by atoms with van der Waals surface area (Å²) in [6.45, 7) is 0. The number of rotatable bonds is 3. The fourth-order valence-corrected chi connectivity index (χ4v) is 3.47. The summed E-state index contributed by atoms with van der Waals surface area (Å²) in [7, 11) is 0. The molecule has 0 aromatic heterocycles. The average molecular weight is 525 g/mol. The van der Waals surface area contributed by atoms with E-state index >= 15 is 0 Å². The zero-order chi connectivity index (χ0) is 15.6. The minimum absolute atomic E-state index is 0.0595. The van der Waals surface area contributed by atoms with Gasteiger partial charge in [0.2, 0.25) is 0 Å². The van der Waals surface area contributed by atoms with Gasteiger partial charge < -0.3 is 10.4 Å². The molecule has 0 fully saturated rings. The van der Waals surface area contributed by atoms with E-state index in [1.54, 1.807) is 24.3 Å². The van der Waals surface area contributed by atoms with Gasteiger partial charge in [-0.2, -0.15) is 0 Å². The number of amides is 1. The standard InChI is InChI=1S/C14H8Br2INO3/c15-8-3-7(4-9(16)5-8)13(19)18-12-2-1-10(17)6-11(12)14(20)21/h1-6H,(H,18,19)(H,20,21). The minimum atomic E-state index is -1.08.